The number of rotatable bonds is 4. The number of nitrogens with two attached hydrogens (primary N) is 1. The first-order chi connectivity index (χ1) is 9.92. The lowest BCUT2D eigenvalue weighted by Crippen LogP contribution is -2.20. The number of hydrogen-bond acceptors (Lipinski definition) is 2. The van der Waals surface area contributed by atoms with E-state index in [1.807, 2.05) is 32.0 Å². The molecule has 0 fully saturated rings. The molecule has 0 aromatic heterocycles. The normalized spacial score (nSPS) is 14.0. The van der Waals surface area contributed by atoms with E-state index in [0.717, 1.165) is 17.2 Å². The van der Waals surface area contributed by atoms with Crippen LogP contribution in [0, 0.1) is 25.5 Å². The van der Waals surface area contributed by atoms with Gasteiger partial charge in [0.15, 0.2) is 0 Å². The average Bonchev–Trinajstić information content (AvgIpc) is 2.41. The molecule has 112 valence electrons. The minimum Gasteiger partial charge on any atom is -0.388 e. The van der Waals surface area contributed by atoms with Crippen molar-refractivity contribution in [2.45, 2.75) is 25.9 Å². The predicted molar refractivity (Wildman–Crippen MR) is 79.0 cm³/mol. The number of hydrogen-bond donors (Lipinski definition) is 2. The van der Waals surface area contributed by atoms with Gasteiger partial charge in [-0.1, -0.05) is 18.2 Å². The maximum atomic E-state index is 13.3. The van der Waals surface area contributed by atoms with Gasteiger partial charge in [-0.3, -0.25) is 0 Å². The zero-order valence-corrected chi connectivity index (χ0v) is 12.1. The van der Waals surface area contributed by atoms with Crippen LogP contribution < -0.4 is 5.73 Å². The Hall–Kier alpha value is -1.78. The molecule has 0 aliphatic rings. The van der Waals surface area contributed by atoms with E-state index < -0.39 is 23.7 Å². The number of aryl methyl sites for hydroxylation is 2. The molecule has 2 aromatic rings. The Balaban J connectivity index is 2.37. The van der Waals surface area contributed by atoms with Crippen LogP contribution in [0.15, 0.2) is 36.4 Å². The maximum Gasteiger partial charge on any atom is 0.126 e. The van der Waals surface area contributed by atoms with Gasteiger partial charge in [0.2, 0.25) is 0 Å². The largest absolute Gasteiger partial charge is 0.388 e. The number of aliphatic hydroxyl groups excluding tert-OH is 1. The third-order valence-corrected chi connectivity index (χ3v) is 3.82. The summed E-state index contributed by atoms with van der Waals surface area (Å²) in [4.78, 5) is 0. The van der Waals surface area contributed by atoms with Gasteiger partial charge >= 0.3 is 0 Å². The van der Waals surface area contributed by atoms with Gasteiger partial charge in [-0.05, 0) is 48.2 Å². The molecule has 0 aliphatic heterocycles. The van der Waals surface area contributed by atoms with E-state index in [-0.39, 0.29) is 6.54 Å². The highest BCUT2D eigenvalue weighted by atomic mass is 19.1. The lowest BCUT2D eigenvalue weighted by Gasteiger charge is -2.23. The first kappa shape index (κ1) is 15.6. The van der Waals surface area contributed by atoms with Gasteiger partial charge in [-0.2, -0.15) is 0 Å². The van der Waals surface area contributed by atoms with Gasteiger partial charge in [-0.25, -0.2) is 8.78 Å². The van der Waals surface area contributed by atoms with E-state index in [0.29, 0.717) is 11.1 Å². The van der Waals surface area contributed by atoms with Crippen molar-refractivity contribution in [1.82, 2.24) is 0 Å². The number of benzene rings is 2. The summed E-state index contributed by atoms with van der Waals surface area (Å²) >= 11 is 0. The Bertz CT molecular complexity index is 622. The summed E-state index contributed by atoms with van der Waals surface area (Å²) in [7, 11) is 0. The average molecular weight is 291 g/mol. The monoisotopic (exact) mass is 291 g/mol. The smallest absolute Gasteiger partial charge is 0.126 e. The number of halogens is 2. The minimum absolute atomic E-state index is 0.0942. The quantitative estimate of drug-likeness (QED) is 0.907. The maximum absolute atomic E-state index is 13.3. The Labute approximate surface area is 123 Å². The topological polar surface area (TPSA) is 46.2 Å². The first-order valence-corrected chi connectivity index (χ1v) is 6.83. The molecule has 0 bridgehead atoms. The van der Waals surface area contributed by atoms with E-state index in [4.69, 9.17) is 5.73 Å². The van der Waals surface area contributed by atoms with Gasteiger partial charge in [0.05, 0.1) is 6.10 Å². The SMILES string of the molecule is Cc1ccc(C(O)C(CN)c2cc(F)cc(F)c2)cc1C. The molecule has 2 unspecified atom stereocenters. The van der Waals surface area contributed by atoms with Crippen LogP contribution in [-0.4, -0.2) is 11.7 Å². The van der Waals surface area contributed by atoms with Gasteiger partial charge < -0.3 is 10.8 Å². The Morgan fingerprint density at radius 3 is 2.10 bits per heavy atom. The third kappa shape index (κ3) is 3.46. The second-order valence-electron chi connectivity index (χ2n) is 5.33. The van der Waals surface area contributed by atoms with Crippen LogP contribution in [0.2, 0.25) is 0 Å². The summed E-state index contributed by atoms with van der Waals surface area (Å²) in [6.45, 7) is 4.02. The van der Waals surface area contributed by atoms with Crippen LogP contribution in [0.1, 0.15) is 34.3 Å². The highest BCUT2D eigenvalue weighted by molar-refractivity contribution is 5.34. The molecule has 2 nitrogen and oxygen atoms in total. The molecule has 2 atom stereocenters. The molecule has 0 radical (unpaired) electrons. The molecule has 0 spiro atoms. The van der Waals surface area contributed by atoms with Gasteiger partial charge in [0, 0.05) is 18.5 Å². The van der Waals surface area contributed by atoms with Crippen molar-refractivity contribution in [3.63, 3.8) is 0 Å². The van der Waals surface area contributed by atoms with Gasteiger partial charge in [-0.15, -0.1) is 0 Å². The molecule has 0 aliphatic carbocycles. The molecule has 0 heterocycles. The summed E-state index contributed by atoms with van der Waals surface area (Å²) in [5.41, 5.74) is 8.93. The molecular formula is C17H19F2NO. The van der Waals surface area contributed by atoms with E-state index in [9.17, 15) is 13.9 Å². The fourth-order valence-corrected chi connectivity index (χ4v) is 2.42. The van der Waals surface area contributed by atoms with Crippen LogP contribution in [0.5, 0.6) is 0 Å². The molecule has 21 heavy (non-hydrogen) atoms. The summed E-state index contributed by atoms with van der Waals surface area (Å²) in [5.74, 6) is -1.90. The van der Waals surface area contributed by atoms with Crippen LogP contribution in [0.3, 0.4) is 0 Å². The predicted octanol–water partition coefficient (Wildman–Crippen LogP) is 3.36. The molecule has 0 saturated heterocycles. The van der Waals surface area contributed by atoms with E-state index in [1.54, 1.807) is 0 Å². The molecule has 0 saturated carbocycles. The molecular weight excluding hydrogens is 272 g/mol. The van der Waals surface area contributed by atoms with Crippen LogP contribution in [-0.2, 0) is 0 Å². The Morgan fingerprint density at radius 1 is 0.952 bits per heavy atom. The van der Waals surface area contributed by atoms with Crippen molar-refractivity contribution in [2.75, 3.05) is 6.54 Å². The zero-order chi connectivity index (χ0) is 15.6. The summed E-state index contributed by atoms with van der Waals surface area (Å²) < 4.78 is 26.7. The Kier molecular flexibility index (Phi) is 4.70. The van der Waals surface area contributed by atoms with Crippen LogP contribution >= 0.6 is 0 Å². The molecule has 0 amide bonds. The molecule has 4 heteroatoms. The second kappa shape index (κ2) is 6.33. The van der Waals surface area contributed by atoms with E-state index in [1.165, 1.54) is 12.1 Å². The van der Waals surface area contributed by atoms with Crippen LogP contribution in [0.25, 0.3) is 0 Å². The fourth-order valence-electron chi connectivity index (χ4n) is 2.42. The highest BCUT2D eigenvalue weighted by Gasteiger charge is 2.23. The minimum atomic E-state index is -0.907. The van der Waals surface area contributed by atoms with Crippen LogP contribution in [0.4, 0.5) is 8.78 Å². The Morgan fingerprint density at radius 2 is 1.57 bits per heavy atom. The third-order valence-electron chi connectivity index (χ3n) is 3.82. The summed E-state index contributed by atoms with van der Waals surface area (Å²) in [6.07, 6.45) is -0.907. The van der Waals surface area contributed by atoms with Gasteiger partial charge in [0.1, 0.15) is 11.6 Å². The van der Waals surface area contributed by atoms with E-state index >= 15 is 0 Å². The second-order valence-corrected chi connectivity index (χ2v) is 5.33. The molecule has 3 N–H and O–H groups in total. The number of aliphatic hydroxyl groups is 1. The van der Waals surface area contributed by atoms with Crippen molar-refractivity contribution in [3.05, 3.63) is 70.3 Å². The van der Waals surface area contributed by atoms with E-state index in [2.05, 4.69) is 0 Å². The van der Waals surface area contributed by atoms with Crippen molar-refractivity contribution in [3.8, 4) is 0 Å². The van der Waals surface area contributed by atoms with Crippen molar-refractivity contribution in [1.29, 1.82) is 0 Å². The summed E-state index contributed by atoms with van der Waals surface area (Å²) in [6, 6.07) is 8.83. The van der Waals surface area contributed by atoms with Crippen molar-refractivity contribution in [2.24, 2.45) is 5.73 Å². The lowest BCUT2D eigenvalue weighted by atomic mass is 9.88. The molecule has 2 rings (SSSR count). The van der Waals surface area contributed by atoms with Crippen molar-refractivity contribution < 1.29 is 13.9 Å². The van der Waals surface area contributed by atoms with Crippen molar-refractivity contribution >= 4 is 0 Å². The lowest BCUT2D eigenvalue weighted by molar-refractivity contribution is 0.147. The standard InChI is InChI=1S/C17H19F2NO/c1-10-3-4-12(5-11(10)2)17(21)16(9-20)13-6-14(18)8-15(19)7-13/h3-8,16-17,21H,9,20H2,1-2H3. The zero-order valence-electron chi connectivity index (χ0n) is 12.1. The fraction of sp³-hybridized carbons (Fsp3) is 0.294. The van der Waals surface area contributed by atoms with Gasteiger partial charge in [0.25, 0.3) is 0 Å². The highest BCUT2D eigenvalue weighted by Crippen LogP contribution is 2.31. The summed E-state index contributed by atoms with van der Waals surface area (Å²) in [5, 5.41) is 10.5. The first-order valence-electron chi connectivity index (χ1n) is 6.83. The molecule has 2 aromatic carbocycles.